The van der Waals surface area contributed by atoms with E-state index in [1.807, 2.05) is 0 Å². The Morgan fingerprint density at radius 2 is 0.718 bits per heavy atom. The minimum atomic E-state index is -4.70. The third kappa shape index (κ3) is 8.17. The number of sulfonamides is 6. The summed E-state index contributed by atoms with van der Waals surface area (Å²) in [4.78, 5) is 36.9. The summed E-state index contributed by atoms with van der Waals surface area (Å²) in [6, 6.07) is 29.0. The first-order valence-electron chi connectivity index (χ1n) is 24.4. The molecule has 3 saturated carbocycles. The molecule has 0 spiro atoms. The second-order valence-corrected chi connectivity index (χ2v) is 31.1. The molecular weight excluding hydrogens is 1130 g/mol. The van der Waals surface area contributed by atoms with Gasteiger partial charge < -0.3 is 16.0 Å². The summed E-state index contributed by atoms with van der Waals surface area (Å²) in [7, 11) is -27.3. The smallest absolute Gasteiger partial charge is 0.279 e. The quantitative estimate of drug-likeness (QED) is 0.127. The molecular formula is C51H44N6O15S6. The third-order valence-electron chi connectivity index (χ3n) is 15.1. The number of hydrogen-bond acceptors (Lipinski definition) is 15. The molecule has 0 aromatic heterocycles. The number of rotatable bonds is 11. The van der Waals surface area contributed by atoms with E-state index < -0.39 is 104 Å². The molecule has 3 amide bonds. The first-order valence-corrected chi connectivity index (χ1v) is 33.1. The highest BCUT2D eigenvalue weighted by Crippen LogP contribution is 2.51. The molecule has 0 saturated heterocycles. The summed E-state index contributed by atoms with van der Waals surface area (Å²) < 4.78 is 164. The number of hydrogen-bond donors (Lipinski definition) is 3. The van der Waals surface area contributed by atoms with E-state index in [-0.39, 0.29) is 60.9 Å². The first-order chi connectivity index (χ1) is 36.9. The topological polar surface area (TPSA) is 302 Å². The molecule has 3 N–H and O–H groups in total. The predicted octanol–water partition coefficient (Wildman–Crippen LogP) is 6.38. The van der Waals surface area contributed by atoms with Gasteiger partial charge in [-0.2, -0.15) is 61.6 Å². The van der Waals surface area contributed by atoms with Crippen molar-refractivity contribution in [3.05, 3.63) is 145 Å². The van der Waals surface area contributed by atoms with Crippen LogP contribution < -0.4 is 27.1 Å². The molecule has 3 fully saturated rings. The third-order valence-corrected chi connectivity index (χ3v) is 28.3. The molecule has 6 aromatic carbocycles. The van der Waals surface area contributed by atoms with Crippen molar-refractivity contribution in [1.82, 2.24) is 0 Å². The summed E-state index contributed by atoms with van der Waals surface area (Å²) in [5.41, 5.74) is 1.24. The average Bonchev–Trinajstić information content (AvgIpc) is 3.77. The molecule has 404 valence electrons. The normalized spacial score (nSPS) is 24.0. The van der Waals surface area contributed by atoms with Crippen molar-refractivity contribution in [2.75, 3.05) is 27.1 Å². The molecule has 2 atom stereocenters. The van der Waals surface area contributed by atoms with Crippen LogP contribution in [0.5, 0.6) is 0 Å². The Morgan fingerprint density at radius 1 is 0.372 bits per heavy atom. The second kappa shape index (κ2) is 17.9. The van der Waals surface area contributed by atoms with Crippen molar-refractivity contribution >= 4 is 112 Å². The van der Waals surface area contributed by atoms with Gasteiger partial charge in [0.15, 0.2) is 0 Å². The lowest BCUT2D eigenvalue weighted by molar-refractivity contribution is -0.122. The molecule has 12 rings (SSSR count). The van der Waals surface area contributed by atoms with E-state index in [9.17, 15) is 64.9 Å². The molecule has 0 radical (unpaired) electrons. The van der Waals surface area contributed by atoms with Crippen LogP contribution in [0.2, 0.25) is 0 Å². The van der Waals surface area contributed by atoms with E-state index in [2.05, 4.69) is 16.0 Å². The van der Waals surface area contributed by atoms with E-state index in [0.717, 1.165) is 25.7 Å². The van der Waals surface area contributed by atoms with Crippen molar-refractivity contribution in [3.63, 3.8) is 0 Å². The highest BCUT2D eigenvalue weighted by molar-refractivity contribution is 8.13. The van der Waals surface area contributed by atoms with Gasteiger partial charge in [-0.15, -0.1) is 0 Å². The van der Waals surface area contributed by atoms with Crippen LogP contribution in [0.15, 0.2) is 163 Å². The Balaban J connectivity index is 0.664. The number of carbonyl (C=O) groups excluding carboxylic acids is 3. The Hall–Kier alpha value is -7.17. The standard InChI is InChI=1S/C51H44N6O15S6/c58-49(30-5-1-2-6-30)52-35-11-17-39(18-12-35)56-75(65,66)45-23-9-31(27-47(45)77(56,69)70)33-25-34(26-33)50(59)53-36-13-19-40(20-14-36)57-76(67,68)46-24-10-32(28-48(46)78(57,71)72)41-29-42(41)51(60)54-37-15-21-38(22-16-37)55-73(61,62)43-7-3-4-8-44(43)74(55,63)64/h3-4,7-24,27-28,30,33-34,41-42H,1-2,5-6,25-26,29H2,(H,52,58)(H,53,59)(H,54,60). The number of anilines is 6. The molecule has 78 heavy (non-hydrogen) atoms. The zero-order chi connectivity index (χ0) is 55.1. The zero-order valence-electron chi connectivity index (χ0n) is 40.5. The number of amides is 3. The van der Waals surface area contributed by atoms with E-state index in [1.165, 1.54) is 133 Å². The summed E-state index contributed by atoms with van der Waals surface area (Å²) in [6.45, 7) is 0. The summed E-state index contributed by atoms with van der Waals surface area (Å²) in [5, 5.41) is 8.26. The summed E-state index contributed by atoms with van der Waals surface area (Å²) >= 11 is 0. The molecule has 21 nitrogen and oxygen atoms in total. The van der Waals surface area contributed by atoms with E-state index in [1.54, 1.807) is 0 Å². The maximum absolute atomic E-state index is 14.0. The second-order valence-electron chi connectivity index (χ2n) is 19.9. The predicted molar refractivity (Wildman–Crippen MR) is 283 cm³/mol. The number of carbonyl (C=O) groups is 3. The van der Waals surface area contributed by atoms with Gasteiger partial charge in [0.05, 0.1) is 17.1 Å². The van der Waals surface area contributed by atoms with Gasteiger partial charge in [-0.05, 0) is 164 Å². The van der Waals surface area contributed by atoms with Gasteiger partial charge in [0.1, 0.15) is 29.4 Å². The monoisotopic (exact) mass is 1170 g/mol. The first kappa shape index (κ1) is 51.6. The lowest BCUT2D eigenvalue weighted by Crippen LogP contribution is -2.33. The lowest BCUT2D eigenvalue weighted by atomic mass is 9.71. The molecule has 6 aromatic rings. The minimum absolute atomic E-state index is 0.109. The van der Waals surface area contributed by atoms with Crippen LogP contribution in [0, 0.1) is 17.8 Å². The lowest BCUT2D eigenvalue weighted by Gasteiger charge is -2.34. The SMILES string of the molecule is O=C(Nc1ccc(N2S(=O)(=O)c3ccc(C4CC(C(=O)Nc5ccc(N6S(=O)(=O)c7ccc(C8CC8C(=O)Nc8ccc(N9S(=O)(=O)c%10ccccc%10S9(=O)=O)cc8)cc7S6(=O)=O)cc5)C4)cc3S2(=O)=O)cc1)C1CCCC1. The van der Waals surface area contributed by atoms with Gasteiger partial charge in [-0.1, -0.05) is 37.1 Å². The highest BCUT2D eigenvalue weighted by Gasteiger charge is 2.52. The largest absolute Gasteiger partial charge is 0.326 e. The maximum atomic E-state index is 14.0. The van der Waals surface area contributed by atoms with Crippen LogP contribution in [0.1, 0.15) is 67.9 Å². The van der Waals surface area contributed by atoms with Crippen molar-refractivity contribution < 1.29 is 64.9 Å². The Kier molecular flexibility index (Phi) is 11.9. The van der Waals surface area contributed by atoms with Crippen molar-refractivity contribution in [1.29, 1.82) is 0 Å². The van der Waals surface area contributed by atoms with Crippen LogP contribution in [-0.4, -0.2) is 68.2 Å². The number of nitrogens with zero attached hydrogens (tertiary/aromatic N) is 3. The van der Waals surface area contributed by atoms with Gasteiger partial charge >= 0.3 is 0 Å². The van der Waals surface area contributed by atoms with Gasteiger partial charge in [-0.25, -0.2) is 0 Å². The van der Waals surface area contributed by atoms with Crippen molar-refractivity contribution in [3.8, 4) is 0 Å². The van der Waals surface area contributed by atoms with Gasteiger partial charge in [0.2, 0.25) is 17.7 Å². The average molecular weight is 1170 g/mol. The molecule has 3 aliphatic heterocycles. The Labute approximate surface area is 449 Å². The molecule has 3 heterocycles. The summed E-state index contributed by atoms with van der Waals surface area (Å²) in [6.07, 6.45) is 4.37. The Bertz CT molecular complexity index is 4250. The van der Waals surface area contributed by atoms with Crippen LogP contribution >= 0.6 is 0 Å². The fourth-order valence-corrected chi connectivity index (χ4v) is 24.2. The molecule has 27 heteroatoms. The molecule has 3 aliphatic carbocycles. The minimum Gasteiger partial charge on any atom is -0.326 e. The highest BCUT2D eigenvalue weighted by atomic mass is 32.3. The number of fused-ring (bicyclic) bond motifs is 3. The number of nitrogens with one attached hydrogen (secondary N) is 3. The molecule has 2 unspecified atom stereocenters. The van der Waals surface area contributed by atoms with E-state index in [0.29, 0.717) is 47.2 Å². The molecule has 0 bridgehead atoms. The van der Waals surface area contributed by atoms with Crippen LogP contribution in [0.4, 0.5) is 34.1 Å². The van der Waals surface area contributed by atoms with Crippen molar-refractivity contribution in [2.45, 2.75) is 86.2 Å². The van der Waals surface area contributed by atoms with Crippen molar-refractivity contribution in [2.24, 2.45) is 17.8 Å². The Morgan fingerprint density at radius 3 is 1.14 bits per heavy atom. The maximum Gasteiger partial charge on any atom is 0.279 e. The summed E-state index contributed by atoms with van der Waals surface area (Å²) in [5.74, 6) is -3.08. The van der Waals surface area contributed by atoms with E-state index >= 15 is 0 Å². The van der Waals surface area contributed by atoms with Crippen LogP contribution in [0.3, 0.4) is 0 Å². The van der Waals surface area contributed by atoms with Crippen LogP contribution in [0.25, 0.3) is 0 Å². The van der Waals surface area contributed by atoms with Gasteiger partial charge in [-0.3, -0.25) is 14.4 Å². The van der Waals surface area contributed by atoms with Crippen LogP contribution in [-0.2, 0) is 74.5 Å². The zero-order valence-corrected chi connectivity index (χ0v) is 45.4. The fourth-order valence-electron chi connectivity index (χ4n) is 10.9. The van der Waals surface area contributed by atoms with E-state index in [4.69, 9.17) is 0 Å². The number of benzene rings is 6. The fraction of sp³-hybridized carbons (Fsp3) is 0.235. The molecule has 6 aliphatic rings. The van der Waals surface area contributed by atoms with Gasteiger partial charge in [0.25, 0.3) is 60.1 Å². The van der Waals surface area contributed by atoms with Gasteiger partial charge in [0, 0.05) is 34.8 Å².